The molecule has 5 heteroatoms. The molecule has 0 aliphatic heterocycles. The highest BCUT2D eigenvalue weighted by molar-refractivity contribution is 5.90. The summed E-state index contributed by atoms with van der Waals surface area (Å²) in [5.41, 5.74) is 3.83. The van der Waals surface area contributed by atoms with Crippen LogP contribution >= 0.6 is 0 Å². The first-order valence-electron chi connectivity index (χ1n) is 7.34. The normalized spacial score (nSPS) is 10.7. The maximum absolute atomic E-state index is 12.4. The maximum atomic E-state index is 12.4. The molecule has 0 aliphatic rings. The Morgan fingerprint density at radius 2 is 1.87 bits per heavy atom. The van der Waals surface area contributed by atoms with Crippen LogP contribution < -0.4 is 4.74 Å². The lowest BCUT2D eigenvalue weighted by Crippen LogP contribution is -2.10. The molecule has 1 aromatic carbocycles. The molecule has 0 atom stereocenters. The number of rotatable bonds is 4. The number of ether oxygens (including phenoxy) is 2. The topological polar surface area (TPSA) is 52.8 Å². The minimum absolute atomic E-state index is 0.210. The summed E-state index contributed by atoms with van der Waals surface area (Å²) in [5.74, 6) is 0.393. The predicted octanol–water partition coefficient (Wildman–Crippen LogP) is 3.32. The lowest BCUT2D eigenvalue weighted by Gasteiger charge is -2.07. The highest BCUT2D eigenvalue weighted by atomic mass is 16.5. The number of hydrogen-bond donors (Lipinski definition) is 0. The molecule has 0 radical (unpaired) electrons. The maximum Gasteiger partial charge on any atom is 0.357 e. The summed E-state index contributed by atoms with van der Waals surface area (Å²) < 4.78 is 12.3. The summed E-state index contributed by atoms with van der Waals surface area (Å²) >= 11 is 0. The Balaban J connectivity index is 1.80. The Morgan fingerprint density at radius 3 is 2.57 bits per heavy atom. The van der Waals surface area contributed by atoms with Crippen LogP contribution in [0.2, 0.25) is 0 Å². The highest BCUT2D eigenvalue weighted by Crippen LogP contribution is 2.16. The van der Waals surface area contributed by atoms with Crippen LogP contribution in [-0.4, -0.2) is 22.5 Å². The van der Waals surface area contributed by atoms with Crippen molar-refractivity contribution in [3.63, 3.8) is 0 Å². The molecule has 2 aromatic heterocycles. The van der Waals surface area contributed by atoms with E-state index in [0.717, 1.165) is 22.5 Å². The molecule has 0 saturated carbocycles. The van der Waals surface area contributed by atoms with Crippen LogP contribution in [0.5, 0.6) is 5.75 Å². The van der Waals surface area contributed by atoms with Crippen molar-refractivity contribution >= 4 is 11.6 Å². The van der Waals surface area contributed by atoms with Crippen LogP contribution in [0.25, 0.3) is 5.65 Å². The number of carbonyl (C=O) groups excluding carboxylic acids is 1. The van der Waals surface area contributed by atoms with E-state index in [-0.39, 0.29) is 12.6 Å². The van der Waals surface area contributed by atoms with E-state index < -0.39 is 0 Å². The third-order valence-electron chi connectivity index (χ3n) is 3.66. The van der Waals surface area contributed by atoms with Crippen LogP contribution in [0.4, 0.5) is 0 Å². The Morgan fingerprint density at radius 1 is 1.13 bits per heavy atom. The molecular formula is C18H18N2O3. The highest BCUT2D eigenvalue weighted by Gasteiger charge is 2.18. The number of aryl methyl sites for hydroxylation is 2. The van der Waals surface area contributed by atoms with Gasteiger partial charge in [0.05, 0.1) is 12.8 Å². The van der Waals surface area contributed by atoms with Crippen LogP contribution in [0.1, 0.15) is 27.3 Å². The van der Waals surface area contributed by atoms with Gasteiger partial charge in [0.2, 0.25) is 0 Å². The van der Waals surface area contributed by atoms with Crippen molar-refractivity contribution in [3.05, 3.63) is 65.1 Å². The van der Waals surface area contributed by atoms with Crippen LogP contribution in [-0.2, 0) is 11.3 Å². The molecule has 0 N–H and O–H groups in total. The second-order valence-electron chi connectivity index (χ2n) is 5.40. The zero-order valence-electron chi connectivity index (χ0n) is 13.4. The zero-order chi connectivity index (χ0) is 16.4. The van der Waals surface area contributed by atoms with E-state index in [1.807, 2.05) is 56.4 Å². The van der Waals surface area contributed by atoms with Crippen LogP contribution in [0.3, 0.4) is 0 Å². The van der Waals surface area contributed by atoms with E-state index in [2.05, 4.69) is 4.98 Å². The number of methoxy groups -OCH3 is 1. The molecular weight excluding hydrogens is 292 g/mol. The van der Waals surface area contributed by atoms with Crippen LogP contribution in [0, 0.1) is 13.8 Å². The summed E-state index contributed by atoms with van der Waals surface area (Å²) in [6.07, 6.45) is 1.89. The zero-order valence-corrected chi connectivity index (χ0v) is 13.4. The van der Waals surface area contributed by atoms with Gasteiger partial charge in [-0.1, -0.05) is 18.2 Å². The molecule has 0 spiro atoms. The number of carbonyl (C=O) groups is 1. The number of imidazole rings is 1. The molecule has 0 bridgehead atoms. The van der Waals surface area contributed by atoms with Gasteiger partial charge in [-0.2, -0.15) is 0 Å². The van der Waals surface area contributed by atoms with Gasteiger partial charge < -0.3 is 9.47 Å². The first-order chi connectivity index (χ1) is 11.1. The fraction of sp³-hybridized carbons (Fsp3) is 0.222. The summed E-state index contributed by atoms with van der Waals surface area (Å²) in [4.78, 5) is 16.8. The number of nitrogens with zero attached hydrogens (tertiary/aromatic N) is 2. The number of esters is 1. The Labute approximate surface area is 134 Å². The largest absolute Gasteiger partial charge is 0.497 e. The molecule has 118 valence electrons. The van der Waals surface area contributed by atoms with Gasteiger partial charge >= 0.3 is 5.97 Å². The Hall–Kier alpha value is -2.82. The van der Waals surface area contributed by atoms with Crippen molar-refractivity contribution in [3.8, 4) is 5.75 Å². The van der Waals surface area contributed by atoms with Crippen molar-refractivity contribution in [2.75, 3.05) is 7.11 Å². The van der Waals surface area contributed by atoms with Crippen molar-refractivity contribution in [1.29, 1.82) is 0 Å². The van der Waals surface area contributed by atoms with Crippen molar-refractivity contribution < 1.29 is 14.3 Å². The van der Waals surface area contributed by atoms with Crippen LogP contribution in [0.15, 0.2) is 42.6 Å². The average molecular weight is 310 g/mol. The minimum Gasteiger partial charge on any atom is -0.497 e. The van der Waals surface area contributed by atoms with Crippen molar-refractivity contribution in [2.24, 2.45) is 0 Å². The molecule has 3 aromatic rings. The van der Waals surface area contributed by atoms with E-state index in [0.29, 0.717) is 11.4 Å². The average Bonchev–Trinajstić information content (AvgIpc) is 2.88. The summed E-state index contributed by atoms with van der Waals surface area (Å²) in [5, 5.41) is 0. The minimum atomic E-state index is -0.378. The van der Waals surface area contributed by atoms with Gasteiger partial charge in [0.1, 0.15) is 18.0 Å². The SMILES string of the molecule is COc1ccc(COC(=O)c2c(C)nc3ccc(C)cn23)cc1. The van der Waals surface area contributed by atoms with Gasteiger partial charge in [-0.05, 0) is 43.2 Å². The van der Waals surface area contributed by atoms with Gasteiger partial charge in [0.25, 0.3) is 0 Å². The Kier molecular flexibility index (Phi) is 4.02. The third-order valence-corrected chi connectivity index (χ3v) is 3.66. The fourth-order valence-electron chi connectivity index (χ4n) is 2.45. The van der Waals surface area contributed by atoms with E-state index in [9.17, 15) is 4.79 Å². The lowest BCUT2D eigenvalue weighted by atomic mass is 10.2. The smallest absolute Gasteiger partial charge is 0.357 e. The standard InChI is InChI=1S/C18H18N2O3/c1-12-4-9-16-19-13(2)17(20(16)10-12)18(21)23-11-14-5-7-15(22-3)8-6-14/h4-10H,11H2,1-3H3. The first kappa shape index (κ1) is 15.1. The van der Waals surface area contributed by atoms with Gasteiger partial charge in [-0.25, -0.2) is 9.78 Å². The van der Waals surface area contributed by atoms with Gasteiger partial charge in [-0.15, -0.1) is 0 Å². The van der Waals surface area contributed by atoms with E-state index in [4.69, 9.17) is 9.47 Å². The number of aromatic nitrogens is 2. The van der Waals surface area contributed by atoms with E-state index in [1.165, 1.54) is 0 Å². The Bertz CT molecular complexity index is 851. The van der Waals surface area contributed by atoms with E-state index in [1.54, 1.807) is 11.5 Å². The second kappa shape index (κ2) is 6.12. The molecule has 3 rings (SSSR count). The van der Waals surface area contributed by atoms with E-state index >= 15 is 0 Å². The molecule has 0 saturated heterocycles. The van der Waals surface area contributed by atoms with Gasteiger partial charge in [-0.3, -0.25) is 4.40 Å². The monoisotopic (exact) mass is 310 g/mol. The molecule has 0 amide bonds. The quantitative estimate of drug-likeness (QED) is 0.694. The van der Waals surface area contributed by atoms with Gasteiger partial charge in [0.15, 0.2) is 5.69 Å². The van der Waals surface area contributed by atoms with Gasteiger partial charge in [0, 0.05) is 6.20 Å². The van der Waals surface area contributed by atoms with Crippen molar-refractivity contribution in [1.82, 2.24) is 9.38 Å². The number of fused-ring (bicyclic) bond motifs is 1. The fourth-order valence-corrected chi connectivity index (χ4v) is 2.45. The lowest BCUT2D eigenvalue weighted by molar-refractivity contribution is 0.0463. The predicted molar refractivity (Wildman–Crippen MR) is 86.8 cm³/mol. The summed E-state index contributed by atoms with van der Waals surface area (Å²) in [6, 6.07) is 11.3. The van der Waals surface area contributed by atoms with Crippen molar-refractivity contribution in [2.45, 2.75) is 20.5 Å². The molecule has 0 unspecified atom stereocenters. The number of benzene rings is 1. The molecule has 0 fully saturated rings. The third kappa shape index (κ3) is 3.04. The molecule has 23 heavy (non-hydrogen) atoms. The summed E-state index contributed by atoms with van der Waals surface area (Å²) in [6.45, 7) is 3.99. The second-order valence-corrected chi connectivity index (χ2v) is 5.40. The number of pyridine rings is 1. The number of hydrogen-bond acceptors (Lipinski definition) is 4. The molecule has 0 aliphatic carbocycles. The first-order valence-corrected chi connectivity index (χ1v) is 7.34. The molecule has 2 heterocycles. The summed E-state index contributed by atoms with van der Waals surface area (Å²) in [7, 11) is 1.62. The molecule has 5 nitrogen and oxygen atoms in total.